The zero-order valence-electron chi connectivity index (χ0n) is 22.6. The first kappa shape index (κ1) is 27.8. The summed E-state index contributed by atoms with van der Waals surface area (Å²) in [6.07, 6.45) is 3.22. The number of aryl methyl sites for hydroxylation is 3. The molecule has 1 aromatic heterocycles. The van der Waals surface area contributed by atoms with Gasteiger partial charge in [0.05, 0.1) is 40.2 Å². The van der Waals surface area contributed by atoms with Crippen molar-refractivity contribution in [2.75, 3.05) is 16.4 Å². The Morgan fingerprint density at radius 3 is 2.44 bits per heavy atom. The number of carbonyl (C=O) groups is 2. The molecule has 1 aliphatic rings. The molecule has 0 radical (unpaired) electrons. The summed E-state index contributed by atoms with van der Waals surface area (Å²) in [6, 6.07) is 19.4. The molecular formula is C31H32N4O3S. The van der Waals surface area contributed by atoms with Crippen LogP contribution < -0.4 is 16.0 Å². The van der Waals surface area contributed by atoms with Crippen LogP contribution in [-0.2, 0) is 22.4 Å². The molecule has 0 saturated heterocycles. The molecule has 7 nitrogen and oxygen atoms in total. The molecule has 2 heterocycles. The molecule has 8 heteroatoms. The van der Waals surface area contributed by atoms with E-state index in [2.05, 4.69) is 28.9 Å². The summed E-state index contributed by atoms with van der Waals surface area (Å²) in [5.74, 6) is -0.645. The Balaban J connectivity index is 1.59. The number of anilines is 2. The number of nitrogens with zero attached hydrogens (tertiary/aromatic N) is 1. The maximum atomic E-state index is 13.7. The van der Waals surface area contributed by atoms with Crippen molar-refractivity contribution >= 4 is 35.0 Å². The lowest BCUT2D eigenvalue weighted by Crippen LogP contribution is -2.31. The number of hydrogen-bond donors (Lipinski definition) is 3. The monoisotopic (exact) mass is 540 g/mol. The summed E-state index contributed by atoms with van der Waals surface area (Å²) in [5, 5.41) is 20.0. The first-order valence-electron chi connectivity index (χ1n) is 12.9. The summed E-state index contributed by atoms with van der Waals surface area (Å²) in [6.45, 7) is 7.87. The lowest BCUT2D eigenvalue weighted by Gasteiger charge is -2.28. The van der Waals surface area contributed by atoms with E-state index in [0.717, 1.165) is 35.3 Å². The van der Waals surface area contributed by atoms with Crippen LogP contribution in [0, 0.1) is 18.3 Å². The minimum Gasteiger partial charge on any atom is -0.468 e. The Bertz CT molecular complexity index is 1460. The SMILES string of the molecule is CCc1ccc(NC(=O)CSC2=C(C#N)C(c3ccco3)C(C(=O)Nc3c(C)cccc3CC)=C(C)N2)cc1. The standard InChI is InChI=1S/C31H32N4O3S/c1-5-21-12-14-23(15-13-21)34-26(36)18-39-31-24(17-32)28(25-11-8-16-38-25)27(20(4)33-31)30(37)35-29-19(3)9-7-10-22(29)6-2/h7-16,28,33H,5-6,18H2,1-4H3,(H,34,36)(H,35,37). The molecule has 0 spiro atoms. The second-order valence-electron chi connectivity index (χ2n) is 9.27. The Kier molecular flexibility index (Phi) is 8.95. The van der Waals surface area contributed by atoms with Gasteiger partial charge in [0.1, 0.15) is 5.76 Å². The molecule has 0 aliphatic carbocycles. The average Bonchev–Trinajstić information content (AvgIpc) is 3.47. The van der Waals surface area contributed by atoms with E-state index < -0.39 is 5.92 Å². The minimum absolute atomic E-state index is 0.0891. The third kappa shape index (κ3) is 6.27. The number of carbonyl (C=O) groups excluding carboxylic acids is 2. The van der Waals surface area contributed by atoms with Crippen molar-refractivity contribution in [3.05, 3.63) is 105 Å². The summed E-state index contributed by atoms with van der Waals surface area (Å²) < 4.78 is 5.71. The smallest absolute Gasteiger partial charge is 0.254 e. The van der Waals surface area contributed by atoms with Gasteiger partial charge in [-0.3, -0.25) is 9.59 Å². The molecule has 4 rings (SSSR count). The summed E-state index contributed by atoms with van der Waals surface area (Å²) >= 11 is 1.22. The first-order chi connectivity index (χ1) is 18.9. The zero-order chi connectivity index (χ0) is 27.9. The topological polar surface area (TPSA) is 107 Å². The Hall–Kier alpha value is -4.22. The van der Waals surface area contributed by atoms with Crippen LogP contribution in [0.5, 0.6) is 0 Å². The zero-order valence-corrected chi connectivity index (χ0v) is 23.4. The molecule has 1 aliphatic heterocycles. The van der Waals surface area contributed by atoms with Crippen LogP contribution >= 0.6 is 11.8 Å². The van der Waals surface area contributed by atoms with Crippen molar-refractivity contribution in [2.24, 2.45) is 0 Å². The number of para-hydroxylation sites is 1. The number of furan rings is 1. The summed E-state index contributed by atoms with van der Waals surface area (Å²) in [7, 11) is 0. The third-order valence-corrected chi connectivity index (χ3v) is 7.71. The number of hydrogen-bond acceptors (Lipinski definition) is 6. The van der Waals surface area contributed by atoms with Crippen LogP contribution in [0.2, 0.25) is 0 Å². The van der Waals surface area contributed by atoms with Gasteiger partial charge in [-0.2, -0.15) is 5.26 Å². The van der Waals surface area contributed by atoms with Gasteiger partial charge < -0.3 is 20.4 Å². The number of nitriles is 1. The van der Waals surface area contributed by atoms with Crippen molar-refractivity contribution in [3.63, 3.8) is 0 Å². The van der Waals surface area contributed by atoms with Crippen molar-refractivity contribution in [1.82, 2.24) is 5.32 Å². The number of benzene rings is 2. The van der Waals surface area contributed by atoms with Crippen LogP contribution in [0.1, 0.15) is 49.1 Å². The fourth-order valence-electron chi connectivity index (χ4n) is 4.61. The van der Waals surface area contributed by atoms with Crippen LogP contribution in [0.3, 0.4) is 0 Å². The van der Waals surface area contributed by atoms with Crippen molar-refractivity contribution in [1.29, 1.82) is 5.26 Å². The summed E-state index contributed by atoms with van der Waals surface area (Å²) in [4.78, 5) is 26.4. The second kappa shape index (κ2) is 12.5. The van der Waals surface area contributed by atoms with E-state index in [1.165, 1.54) is 23.6 Å². The predicted octanol–water partition coefficient (Wildman–Crippen LogP) is 6.42. The van der Waals surface area contributed by atoms with E-state index in [-0.39, 0.29) is 17.6 Å². The molecule has 1 atom stereocenters. The van der Waals surface area contributed by atoms with Gasteiger partial charge >= 0.3 is 0 Å². The largest absolute Gasteiger partial charge is 0.468 e. The fraction of sp³-hybridized carbons (Fsp3) is 0.258. The minimum atomic E-state index is -0.715. The van der Waals surface area contributed by atoms with Crippen LogP contribution in [-0.4, -0.2) is 17.6 Å². The van der Waals surface area contributed by atoms with Gasteiger partial charge in [-0.25, -0.2) is 0 Å². The maximum absolute atomic E-state index is 13.7. The Morgan fingerprint density at radius 2 is 1.79 bits per heavy atom. The predicted molar refractivity (Wildman–Crippen MR) is 156 cm³/mol. The molecule has 1 unspecified atom stereocenters. The molecule has 200 valence electrons. The lowest BCUT2D eigenvalue weighted by atomic mass is 9.85. The Morgan fingerprint density at radius 1 is 1.03 bits per heavy atom. The van der Waals surface area contributed by atoms with Gasteiger partial charge in [0.15, 0.2) is 0 Å². The molecule has 0 saturated carbocycles. The van der Waals surface area contributed by atoms with Gasteiger partial charge in [0.25, 0.3) is 5.91 Å². The number of dihydropyridines is 1. The maximum Gasteiger partial charge on any atom is 0.254 e. The van der Waals surface area contributed by atoms with Crippen molar-refractivity contribution in [3.8, 4) is 6.07 Å². The van der Waals surface area contributed by atoms with Crippen molar-refractivity contribution < 1.29 is 14.0 Å². The van der Waals surface area contributed by atoms with E-state index >= 15 is 0 Å². The van der Waals surface area contributed by atoms with Gasteiger partial charge in [-0.15, -0.1) is 0 Å². The molecule has 0 fully saturated rings. The highest BCUT2D eigenvalue weighted by Crippen LogP contribution is 2.41. The molecule has 39 heavy (non-hydrogen) atoms. The molecule has 3 N–H and O–H groups in total. The second-order valence-corrected chi connectivity index (χ2v) is 10.3. The van der Waals surface area contributed by atoms with Gasteiger partial charge in [-0.1, -0.05) is 55.9 Å². The molecule has 0 bridgehead atoms. The molecular weight excluding hydrogens is 508 g/mol. The molecule has 3 aromatic rings. The lowest BCUT2D eigenvalue weighted by molar-refractivity contribution is -0.114. The third-order valence-electron chi connectivity index (χ3n) is 6.69. The highest BCUT2D eigenvalue weighted by atomic mass is 32.2. The fourth-order valence-corrected chi connectivity index (χ4v) is 5.50. The molecule has 2 aromatic carbocycles. The quantitative estimate of drug-likeness (QED) is 0.289. The van der Waals surface area contributed by atoms with Crippen LogP contribution in [0.4, 0.5) is 11.4 Å². The van der Waals surface area contributed by atoms with Gasteiger partial charge in [-0.05, 0) is 67.6 Å². The average molecular weight is 541 g/mol. The van der Waals surface area contributed by atoms with Gasteiger partial charge in [0.2, 0.25) is 5.91 Å². The first-order valence-corrected chi connectivity index (χ1v) is 13.9. The number of thioether (sulfide) groups is 1. The van der Waals surface area contributed by atoms with E-state index in [0.29, 0.717) is 27.6 Å². The van der Waals surface area contributed by atoms with Gasteiger partial charge in [0, 0.05) is 17.1 Å². The van der Waals surface area contributed by atoms with E-state index in [1.54, 1.807) is 19.1 Å². The number of amides is 2. The molecule has 2 amide bonds. The number of rotatable bonds is 9. The van der Waals surface area contributed by atoms with E-state index in [1.807, 2.05) is 56.3 Å². The van der Waals surface area contributed by atoms with Crippen LogP contribution in [0.25, 0.3) is 0 Å². The van der Waals surface area contributed by atoms with E-state index in [4.69, 9.17) is 4.42 Å². The highest BCUT2D eigenvalue weighted by Gasteiger charge is 2.36. The Labute approximate surface area is 233 Å². The highest BCUT2D eigenvalue weighted by molar-refractivity contribution is 8.03. The summed E-state index contributed by atoms with van der Waals surface area (Å²) in [5.41, 5.74) is 5.99. The van der Waals surface area contributed by atoms with Crippen LogP contribution in [0.15, 0.2) is 87.1 Å². The number of nitrogens with one attached hydrogen (secondary N) is 3. The van der Waals surface area contributed by atoms with E-state index in [9.17, 15) is 14.9 Å². The van der Waals surface area contributed by atoms with Crippen molar-refractivity contribution in [2.45, 2.75) is 46.5 Å². The normalized spacial score (nSPS) is 15.0. The number of allylic oxidation sites excluding steroid dienone is 2.